The number of hydrogen-bond acceptors (Lipinski definition) is 5. The predicted octanol–water partition coefficient (Wildman–Crippen LogP) is 5.79. The zero-order valence-electron chi connectivity index (χ0n) is 23.2. The zero-order chi connectivity index (χ0) is 27.6. The molecule has 0 atom stereocenters. The molecule has 1 aliphatic heterocycles. The van der Waals surface area contributed by atoms with Crippen LogP contribution in [-0.2, 0) is 11.3 Å². The third kappa shape index (κ3) is 5.57. The lowest BCUT2D eigenvalue weighted by Gasteiger charge is -2.30. The number of nitrogens with zero attached hydrogens (tertiary/aromatic N) is 5. The number of nitrogens with one attached hydrogen (secondary N) is 1. The summed E-state index contributed by atoms with van der Waals surface area (Å²) in [5.74, 6) is 0.381. The van der Waals surface area contributed by atoms with Crippen LogP contribution in [-0.4, -0.2) is 50.4 Å². The molecule has 2 aromatic heterocycles. The highest BCUT2D eigenvalue weighted by Crippen LogP contribution is 2.30. The predicted molar refractivity (Wildman–Crippen MR) is 157 cm³/mol. The summed E-state index contributed by atoms with van der Waals surface area (Å²) in [7, 11) is 0. The Bertz CT molecular complexity index is 1500. The van der Waals surface area contributed by atoms with Gasteiger partial charge in [-0.15, -0.1) is 5.10 Å². The smallest absolute Gasteiger partial charge is 0.254 e. The van der Waals surface area contributed by atoms with Crippen molar-refractivity contribution in [2.24, 2.45) is 5.92 Å². The molecule has 2 amide bonds. The van der Waals surface area contributed by atoms with E-state index in [-0.39, 0.29) is 23.8 Å². The van der Waals surface area contributed by atoms with Gasteiger partial charge in [-0.25, -0.2) is 4.52 Å². The van der Waals surface area contributed by atoms with Crippen molar-refractivity contribution in [3.8, 4) is 11.3 Å². The molecular weight excluding hydrogens is 500 g/mol. The molecule has 2 fully saturated rings. The second-order valence-electron chi connectivity index (χ2n) is 11.2. The van der Waals surface area contributed by atoms with Crippen LogP contribution in [0.1, 0.15) is 61.9 Å². The lowest BCUT2D eigenvalue weighted by Crippen LogP contribution is -2.36. The van der Waals surface area contributed by atoms with Gasteiger partial charge < -0.3 is 9.80 Å². The average Bonchev–Trinajstić information content (AvgIpc) is 3.76. The minimum atomic E-state index is -0.0204. The van der Waals surface area contributed by atoms with E-state index in [1.165, 1.54) is 24.9 Å². The Morgan fingerprint density at radius 2 is 1.68 bits per heavy atom. The molecule has 2 aromatic carbocycles. The van der Waals surface area contributed by atoms with Crippen molar-refractivity contribution in [3.05, 3.63) is 77.9 Å². The van der Waals surface area contributed by atoms with Crippen LogP contribution in [0, 0.1) is 5.92 Å². The quantitative estimate of drug-likeness (QED) is 0.308. The summed E-state index contributed by atoms with van der Waals surface area (Å²) in [4.78, 5) is 34.6. The Hall–Kier alpha value is -4.20. The van der Waals surface area contributed by atoms with E-state index in [0.717, 1.165) is 42.8 Å². The monoisotopic (exact) mass is 536 g/mol. The van der Waals surface area contributed by atoms with Gasteiger partial charge in [0.25, 0.3) is 5.91 Å². The van der Waals surface area contributed by atoms with Crippen molar-refractivity contribution in [2.75, 3.05) is 23.3 Å². The highest BCUT2D eigenvalue weighted by atomic mass is 16.2. The Morgan fingerprint density at radius 1 is 0.950 bits per heavy atom. The van der Waals surface area contributed by atoms with E-state index in [1.54, 1.807) is 4.52 Å². The van der Waals surface area contributed by atoms with Crippen LogP contribution >= 0.6 is 0 Å². The number of rotatable bonds is 8. The van der Waals surface area contributed by atoms with Crippen LogP contribution in [0.4, 0.5) is 11.6 Å². The fourth-order valence-corrected chi connectivity index (χ4v) is 5.33. The van der Waals surface area contributed by atoms with E-state index < -0.39 is 0 Å². The number of amides is 2. The molecule has 8 nitrogen and oxygen atoms in total. The Labute approximate surface area is 235 Å². The fraction of sp³-hybridized carbons (Fsp3) is 0.375. The average molecular weight is 537 g/mol. The normalized spacial score (nSPS) is 15.4. The van der Waals surface area contributed by atoms with Crippen molar-refractivity contribution in [2.45, 2.75) is 58.5 Å². The number of piperidine rings is 1. The molecule has 4 aromatic rings. The summed E-state index contributed by atoms with van der Waals surface area (Å²) < 4.78 is 1.73. The first-order valence-electron chi connectivity index (χ1n) is 14.4. The summed E-state index contributed by atoms with van der Waals surface area (Å²) in [5, 5.41) is 7.35. The molecular formula is C32H36N6O2. The maximum atomic E-state index is 13.6. The van der Waals surface area contributed by atoms with Gasteiger partial charge >= 0.3 is 0 Å². The molecule has 2 aliphatic rings. The molecule has 3 heterocycles. The summed E-state index contributed by atoms with van der Waals surface area (Å²) >= 11 is 0. The maximum absolute atomic E-state index is 13.6. The van der Waals surface area contributed by atoms with Crippen LogP contribution in [0.5, 0.6) is 0 Å². The number of fused-ring (bicyclic) bond motifs is 1. The van der Waals surface area contributed by atoms with Crippen molar-refractivity contribution in [1.82, 2.24) is 19.5 Å². The second kappa shape index (κ2) is 11.1. The molecule has 6 rings (SSSR count). The Kier molecular flexibility index (Phi) is 7.24. The van der Waals surface area contributed by atoms with Gasteiger partial charge in [0.15, 0.2) is 5.65 Å². The third-order valence-electron chi connectivity index (χ3n) is 7.87. The number of carbonyl (C=O) groups excluding carboxylic acids is 2. The standard InChI is InChI=1S/C32H36N6O2/c1-22(2)37(21-23-9-17-27(18-10-23)36-19-4-3-5-20-36)31(40)26-15-11-24(12-16-26)28-7-6-8-29-33-32(35-38(28)29)34-30(39)25-13-14-25/h6-12,15-18,22,25H,3-5,13-14,19-21H2,1-2H3,(H,34,35,39). The van der Waals surface area contributed by atoms with Gasteiger partial charge in [0.05, 0.1) is 5.69 Å². The molecule has 1 saturated carbocycles. The van der Waals surface area contributed by atoms with Crippen LogP contribution in [0.25, 0.3) is 16.9 Å². The minimum absolute atomic E-state index is 0.00527. The van der Waals surface area contributed by atoms with E-state index >= 15 is 0 Å². The van der Waals surface area contributed by atoms with Crippen LogP contribution in [0.2, 0.25) is 0 Å². The first-order valence-corrected chi connectivity index (χ1v) is 14.4. The van der Waals surface area contributed by atoms with Gasteiger partial charge in [-0.2, -0.15) is 4.98 Å². The molecule has 1 N–H and O–H groups in total. The number of carbonyl (C=O) groups is 2. The minimum Gasteiger partial charge on any atom is -0.372 e. The SMILES string of the molecule is CC(C)N(Cc1ccc(N2CCCCC2)cc1)C(=O)c1ccc(-c2cccc3nc(NC(=O)C4CC4)nn23)cc1. The fourth-order valence-electron chi connectivity index (χ4n) is 5.33. The molecule has 0 spiro atoms. The first-order chi connectivity index (χ1) is 19.5. The van der Waals surface area contributed by atoms with Crippen molar-refractivity contribution < 1.29 is 9.59 Å². The number of aromatic nitrogens is 3. The van der Waals surface area contributed by atoms with Gasteiger partial charge in [0.1, 0.15) is 0 Å². The molecule has 206 valence electrons. The van der Waals surface area contributed by atoms with E-state index in [2.05, 4.69) is 58.4 Å². The Morgan fingerprint density at radius 3 is 2.35 bits per heavy atom. The number of benzene rings is 2. The van der Waals surface area contributed by atoms with E-state index in [9.17, 15) is 9.59 Å². The first kappa shape index (κ1) is 26.0. The van der Waals surface area contributed by atoms with E-state index in [4.69, 9.17) is 0 Å². The molecule has 8 heteroatoms. The van der Waals surface area contributed by atoms with Crippen molar-refractivity contribution >= 4 is 29.1 Å². The maximum Gasteiger partial charge on any atom is 0.254 e. The van der Waals surface area contributed by atoms with Crippen molar-refractivity contribution in [1.29, 1.82) is 0 Å². The molecule has 0 bridgehead atoms. The molecule has 40 heavy (non-hydrogen) atoms. The van der Waals surface area contributed by atoms with E-state index in [0.29, 0.717) is 23.7 Å². The zero-order valence-corrected chi connectivity index (χ0v) is 23.2. The largest absolute Gasteiger partial charge is 0.372 e. The summed E-state index contributed by atoms with van der Waals surface area (Å²) in [6.07, 6.45) is 5.68. The highest BCUT2D eigenvalue weighted by Gasteiger charge is 2.30. The highest BCUT2D eigenvalue weighted by molar-refractivity contribution is 5.95. The number of hydrogen-bond donors (Lipinski definition) is 1. The third-order valence-corrected chi connectivity index (χ3v) is 7.87. The van der Waals surface area contributed by atoms with Gasteiger partial charge in [0, 0.05) is 48.4 Å². The van der Waals surface area contributed by atoms with Crippen LogP contribution in [0.15, 0.2) is 66.7 Å². The van der Waals surface area contributed by atoms with Gasteiger partial charge in [0.2, 0.25) is 11.9 Å². The van der Waals surface area contributed by atoms with Crippen molar-refractivity contribution in [3.63, 3.8) is 0 Å². The molecule has 1 saturated heterocycles. The number of anilines is 2. The van der Waals surface area contributed by atoms with Crippen LogP contribution in [0.3, 0.4) is 0 Å². The number of pyridine rings is 1. The molecule has 0 radical (unpaired) electrons. The van der Waals surface area contributed by atoms with Gasteiger partial charge in [-0.3, -0.25) is 14.9 Å². The summed E-state index contributed by atoms with van der Waals surface area (Å²) in [5.41, 5.74) is 5.44. The topological polar surface area (TPSA) is 82.8 Å². The molecule has 0 unspecified atom stereocenters. The summed E-state index contributed by atoms with van der Waals surface area (Å²) in [6.45, 7) is 6.91. The van der Waals surface area contributed by atoms with Gasteiger partial charge in [-0.1, -0.05) is 30.3 Å². The Balaban J connectivity index is 1.17. The lowest BCUT2D eigenvalue weighted by atomic mass is 10.1. The second-order valence-corrected chi connectivity index (χ2v) is 11.2. The molecule has 1 aliphatic carbocycles. The van der Waals surface area contributed by atoms with Gasteiger partial charge in [-0.05, 0) is 87.9 Å². The summed E-state index contributed by atoms with van der Waals surface area (Å²) in [6, 6.07) is 22.1. The lowest BCUT2D eigenvalue weighted by molar-refractivity contribution is -0.117. The van der Waals surface area contributed by atoms with E-state index in [1.807, 2.05) is 47.4 Å². The van der Waals surface area contributed by atoms with Crippen LogP contribution < -0.4 is 10.2 Å².